The Morgan fingerprint density at radius 2 is 2.17 bits per heavy atom. The Hall–Kier alpha value is -2.36. The Balaban J connectivity index is 1.63. The first-order valence-corrected chi connectivity index (χ1v) is 11.0. The molecule has 4 rings (SSSR count). The molecule has 1 aromatic heterocycles. The van der Waals surface area contributed by atoms with Gasteiger partial charge in [-0.05, 0) is 26.1 Å². The number of carbonyl (C=O) groups excluding carboxylic acids is 1. The van der Waals surface area contributed by atoms with Crippen LogP contribution in [0.15, 0.2) is 53.5 Å². The second-order valence-electron chi connectivity index (χ2n) is 7.34. The van der Waals surface area contributed by atoms with Crippen molar-refractivity contribution in [3.05, 3.63) is 59.2 Å². The summed E-state index contributed by atoms with van der Waals surface area (Å²) in [6.07, 6.45) is 12.8. The van der Waals surface area contributed by atoms with Crippen molar-refractivity contribution >= 4 is 45.6 Å². The zero-order valence-corrected chi connectivity index (χ0v) is 18.2. The predicted molar refractivity (Wildman–Crippen MR) is 123 cm³/mol. The van der Waals surface area contributed by atoms with Crippen LogP contribution in [-0.4, -0.2) is 58.3 Å². The molecule has 2 saturated heterocycles. The number of halogens is 1. The van der Waals surface area contributed by atoms with E-state index in [0.717, 1.165) is 38.4 Å². The summed E-state index contributed by atoms with van der Waals surface area (Å²) < 4.78 is 15.3. The molecule has 6 nitrogen and oxygen atoms in total. The zero-order chi connectivity index (χ0) is 21.1. The third-order valence-corrected chi connectivity index (χ3v) is 6.30. The van der Waals surface area contributed by atoms with Crippen LogP contribution in [0.4, 0.5) is 10.2 Å². The SMILES string of the molecule is CN1CCCN(c2cncc(C3=CC(C=C4SC(=S)NC4=O)C=CC=C3F)n2)CC1. The largest absolute Gasteiger partial charge is 0.354 e. The molecule has 2 fully saturated rings. The first-order valence-electron chi connectivity index (χ1n) is 9.76. The van der Waals surface area contributed by atoms with Crippen molar-refractivity contribution in [2.75, 3.05) is 38.1 Å². The maximum atomic E-state index is 14.8. The van der Waals surface area contributed by atoms with Crippen molar-refractivity contribution in [1.82, 2.24) is 20.2 Å². The van der Waals surface area contributed by atoms with Gasteiger partial charge in [0.05, 0.1) is 23.0 Å². The molecule has 1 atom stereocenters. The summed E-state index contributed by atoms with van der Waals surface area (Å²) in [6.45, 7) is 3.74. The van der Waals surface area contributed by atoms with E-state index in [9.17, 15) is 9.18 Å². The second kappa shape index (κ2) is 9.20. The number of nitrogens with zero attached hydrogens (tertiary/aromatic N) is 4. The molecule has 0 saturated carbocycles. The molecule has 156 valence electrons. The number of aromatic nitrogens is 2. The van der Waals surface area contributed by atoms with Gasteiger partial charge >= 0.3 is 0 Å². The lowest BCUT2D eigenvalue weighted by atomic mass is 10.0. The smallest absolute Gasteiger partial charge is 0.263 e. The number of rotatable bonds is 3. The van der Waals surface area contributed by atoms with E-state index in [4.69, 9.17) is 17.2 Å². The second-order valence-corrected chi connectivity index (χ2v) is 9.06. The lowest BCUT2D eigenvalue weighted by molar-refractivity contribution is -0.115. The molecule has 30 heavy (non-hydrogen) atoms. The minimum atomic E-state index is -0.381. The molecule has 0 bridgehead atoms. The van der Waals surface area contributed by atoms with Crippen LogP contribution in [0.2, 0.25) is 0 Å². The van der Waals surface area contributed by atoms with Crippen LogP contribution in [0.3, 0.4) is 0 Å². The summed E-state index contributed by atoms with van der Waals surface area (Å²) in [7, 11) is 2.11. The van der Waals surface area contributed by atoms with Gasteiger partial charge in [-0.15, -0.1) is 0 Å². The normalized spacial score (nSPS) is 24.4. The number of hydrogen-bond acceptors (Lipinski definition) is 7. The van der Waals surface area contributed by atoms with E-state index >= 15 is 0 Å². The van der Waals surface area contributed by atoms with Crippen molar-refractivity contribution in [2.24, 2.45) is 5.92 Å². The van der Waals surface area contributed by atoms with Gasteiger partial charge in [-0.3, -0.25) is 9.78 Å². The highest BCUT2D eigenvalue weighted by atomic mass is 32.2. The minimum absolute atomic E-state index is 0.223. The molecule has 1 unspecified atom stereocenters. The van der Waals surface area contributed by atoms with Crippen LogP contribution in [-0.2, 0) is 4.79 Å². The van der Waals surface area contributed by atoms with E-state index in [2.05, 4.69) is 27.1 Å². The molecule has 0 spiro atoms. The number of carbonyl (C=O) groups is 1. The molecule has 1 aliphatic carbocycles. The lowest BCUT2D eigenvalue weighted by Gasteiger charge is -2.21. The van der Waals surface area contributed by atoms with Gasteiger partial charge in [0.25, 0.3) is 5.91 Å². The van der Waals surface area contributed by atoms with Crippen molar-refractivity contribution in [2.45, 2.75) is 6.42 Å². The Bertz CT molecular complexity index is 987. The van der Waals surface area contributed by atoms with Crippen molar-refractivity contribution in [3.8, 4) is 0 Å². The summed E-state index contributed by atoms with van der Waals surface area (Å²) in [5, 5.41) is 2.60. The maximum Gasteiger partial charge on any atom is 0.263 e. The number of likely N-dealkylation sites (N-methyl/N-ethyl adjacent to an activating group) is 1. The van der Waals surface area contributed by atoms with Crippen molar-refractivity contribution in [1.29, 1.82) is 0 Å². The van der Waals surface area contributed by atoms with Gasteiger partial charge in [0, 0.05) is 31.1 Å². The van der Waals surface area contributed by atoms with Gasteiger partial charge in [-0.2, -0.15) is 0 Å². The highest BCUT2D eigenvalue weighted by molar-refractivity contribution is 8.26. The van der Waals surface area contributed by atoms with Gasteiger partial charge < -0.3 is 15.1 Å². The van der Waals surface area contributed by atoms with E-state index in [-0.39, 0.29) is 17.7 Å². The number of amides is 1. The number of thioether (sulfide) groups is 1. The summed E-state index contributed by atoms with van der Waals surface area (Å²) >= 11 is 6.25. The third-order valence-electron chi connectivity index (χ3n) is 5.12. The van der Waals surface area contributed by atoms with Crippen molar-refractivity contribution in [3.63, 3.8) is 0 Å². The molecule has 3 aliphatic rings. The summed E-state index contributed by atoms with van der Waals surface area (Å²) in [5.74, 6) is -0.122. The van der Waals surface area contributed by atoms with Gasteiger partial charge in [-0.25, -0.2) is 9.37 Å². The van der Waals surface area contributed by atoms with E-state index in [1.54, 1.807) is 30.6 Å². The summed E-state index contributed by atoms with van der Waals surface area (Å²) in [5.41, 5.74) is 0.846. The van der Waals surface area contributed by atoms with Crippen LogP contribution in [0.1, 0.15) is 12.1 Å². The van der Waals surface area contributed by atoms with Gasteiger partial charge in [-0.1, -0.05) is 48.3 Å². The Morgan fingerprint density at radius 3 is 2.97 bits per heavy atom. The van der Waals surface area contributed by atoms with Crippen LogP contribution in [0.25, 0.3) is 5.57 Å². The van der Waals surface area contributed by atoms with Crippen LogP contribution in [0, 0.1) is 5.92 Å². The Labute approximate surface area is 184 Å². The first-order chi connectivity index (χ1) is 14.5. The molecule has 1 N–H and O–H groups in total. The topological polar surface area (TPSA) is 61.4 Å². The number of thiocarbonyl (C=S) groups is 1. The Morgan fingerprint density at radius 1 is 1.30 bits per heavy atom. The molecule has 1 aromatic rings. The number of allylic oxidation sites excluding steroid dienone is 7. The van der Waals surface area contributed by atoms with E-state index in [1.165, 1.54) is 17.8 Å². The van der Waals surface area contributed by atoms with E-state index in [0.29, 0.717) is 20.5 Å². The zero-order valence-electron chi connectivity index (χ0n) is 16.5. The molecular weight excluding hydrogens is 421 g/mol. The number of anilines is 1. The minimum Gasteiger partial charge on any atom is -0.354 e. The highest BCUT2D eigenvalue weighted by Gasteiger charge is 2.24. The molecular formula is C21H22FN5OS2. The molecule has 9 heteroatoms. The molecule has 0 radical (unpaired) electrons. The monoisotopic (exact) mass is 443 g/mol. The number of nitrogens with one attached hydrogen (secondary N) is 1. The van der Waals surface area contributed by atoms with Gasteiger partial charge in [0.15, 0.2) is 0 Å². The maximum absolute atomic E-state index is 14.8. The molecule has 1 amide bonds. The average molecular weight is 444 g/mol. The fourth-order valence-electron chi connectivity index (χ4n) is 3.52. The lowest BCUT2D eigenvalue weighted by Crippen LogP contribution is -2.29. The Kier molecular flexibility index (Phi) is 6.40. The van der Waals surface area contributed by atoms with Crippen LogP contribution < -0.4 is 10.2 Å². The van der Waals surface area contributed by atoms with Gasteiger partial charge in [0.1, 0.15) is 16.0 Å². The fourth-order valence-corrected chi connectivity index (χ4v) is 4.60. The van der Waals surface area contributed by atoms with Crippen LogP contribution >= 0.6 is 24.0 Å². The van der Waals surface area contributed by atoms with E-state index in [1.807, 2.05) is 6.08 Å². The standard InChI is InChI=1S/C21H22FN5OS2/c1-26-6-3-7-27(9-8-26)19-13-23-12-17(24-19)15-10-14(4-2-5-16(15)22)11-18-20(28)25-21(29)30-18/h2,4-5,10-14H,3,6-9H2,1H3,(H,25,28,29). The average Bonchev–Trinajstić information content (AvgIpc) is 2.89. The molecule has 2 aliphatic heterocycles. The third kappa shape index (κ3) is 4.85. The van der Waals surface area contributed by atoms with Crippen LogP contribution in [0.5, 0.6) is 0 Å². The predicted octanol–water partition coefficient (Wildman–Crippen LogP) is 3.07. The first kappa shape index (κ1) is 20.9. The van der Waals surface area contributed by atoms with Crippen molar-refractivity contribution < 1.29 is 9.18 Å². The quantitative estimate of drug-likeness (QED) is 0.569. The fraction of sp³-hybridized carbons (Fsp3) is 0.333. The summed E-state index contributed by atoms with van der Waals surface area (Å²) in [4.78, 5) is 26.0. The highest BCUT2D eigenvalue weighted by Crippen LogP contribution is 2.31. The van der Waals surface area contributed by atoms with E-state index < -0.39 is 0 Å². The van der Waals surface area contributed by atoms with Gasteiger partial charge in [0.2, 0.25) is 0 Å². The summed E-state index contributed by atoms with van der Waals surface area (Å²) in [6, 6.07) is 0. The molecule has 0 aromatic carbocycles. The number of hydrogen-bond donors (Lipinski definition) is 1. The molecule has 3 heterocycles.